The first-order chi connectivity index (χ1) is 13.9. The number of imidazole rings is 1. The van der Waals surface area contributed by atoms with E-state index in [-0.39, 0.29) is 10.8 Å². The summed E-state index contributed by atoms with van der Waals surface area (Å²) >= 11 is 6.15. The van der Waals surface area contributed by atoms with E-state index in [0.29, 0.717) is 17.3 Å². The molecule has 0 radical (unpaired) electrons. The molecule has 0 saturated carbocycles. The fraction of sp³-hybridized carbons (Fsp3) is 0.400. The SMILES string of the molecule is Cn1c(-c2cccc(Cl)c2)cnc1NCc1cc(C(C)(C)C)c(O)c(C(C)(C)C)c1. The van der Waals surface area contributed by atoms with Crippen LogP contribution in [0.2, 0.25) is 5.02 Å². The van der Waals surface area contributed by atoms with Crippen LogP contribution in [0.3, 0.4) is 0 Å². The molecule has 0 aliphatic carbocycles. The van der Waals surface area contributed by atoms with Gasteiger partial charge in [-0.3, -0.25) is 0 Å². The van der Waals surface area contributed by atoms with Crippen molar-refractivity contribution in [1.82, 2.24) is 9.55 Å². The third kappa shape index (κ3) is 4.65. The number of phenolic OH excluding ortho intramolecular Hbond substituents is 1. The standard InChI is InChI=1S/C25H32ClN3O/c1-24(2,3)19-11-16(12-20(22(19)30)25(4,5)6)14-27-23-28-15-21(29(23)7)17-9-8-10-18(26)13-17/h8-13,15,30H,14H2,1-7H3,(H,27,28). The molecule has 2 aromatic carbocycles. The molecule has 30 heavy (non-hydrogen) atoms. The summed E-state index contributed by atoms with van der Waals surface area (Å²) in [5.41, 5.74) is 4.77. The van der Waals surface area contributed by atoms with E-state index < -0.39 is 0 Å². The number of nitrogens with one attached hydrogen (secondary N) is 1. The summed E-state index contributed by atoms with van der Waals surface area (Å²) in [4.78, 5) is 4.56. The van der Waals surface area contributed by atoms with Crippen LogP contribution in [-0.4, -0.2) is 14.7 Å². The van der Waals surface area contributed by atoms with E-state index >= 15 is 0 Å². The first kappa shape index (κ1) is 22.2. The summed E-state index contributed by atoms with van der Waals surface area (Å²) in [6.07, 6.45) is 1.85. The van der Waals surface area contributed by atoms with Crippen molar-refractivity contribution in [3.05, 3.63) is 64.3 Å². The molecule has 0 saturated heterocycles. The monoisotopic (exact) mass is 425 g/mol. The van der Waals surface area contributed by atoms with Gasteiger partial charge in [0.05, 0.1) is 11.9 Å². The molecule has 0 spiro atoms. The third-order valence-electron chi connectivity index (χ3n) is 5.34. The van der Waals surface area contributed by atoms with Crippen molar-refractivity contribution in [2.75, 3.05) is 5.32 Å². The number of hydrogen-bond acceptors (Lipinski definition) is 3. The van der Waals surface area contributed by atoms with Gasteiger partial charge in [-0.2, -0.15) is 0 Å². The molecule has 0 unspecified atom stereocenters. The second-order valence-corrected chi connectivity index (χ2v) is 10.4. The molecule has 0 atom stereocenters. The number of aromatic hydroxyl groups is 1. The Hall–Kier alpha value is -2.46. The predicted octanol–water partition coefficient (Wildman–Crippen LogP) is 6.65. The molecule has 3 aromatic rings. The minimum atomic E-state index is -0.150. The minimum Gasteiger partial charge on any atom is -0.507 e. The Morgan fingerprint density at radius 2 is 1.60 bits per heavy atom. The van der Waals surface area contributed by atoms with E-state index in [4.69, 9.17) is 11.6 Å². The van der Waals surface area contributed by atoms with Crippen molar-refractivity contribution in [2.45, 2.75) is 58.9 Å². The van der Waals surface area contributed by atoms with Gasteiger partial charge in [0.2, 0.25) is 5.95 Å². The van der Waals surface area contributed by atoms with E-state index in [1.54, 1.807) is 0 Å². The van der Waals surface area contributed by atoms with Gasteiger partial charge >= 0.3 is 0 Å². The molecule has 4 nitrogen and oxygen atoms in total. The molecule has 160 valence electrons. The van der Waals surface area contributed by atoms with E-state index in [2.05, 4.69) is 64.0 Å². The van der Waals surface area contributed by atoms with Crippen LogP contribution < -0.4 is 5.32 Å². The molecular weight excluding hydrogens is 394 g/mol. The normalized spacial score (nSPS) is 12.3. The molecule has 5 heteroatoms. The molecule has 1 heterocycles. The highest BCUT2D eigenvalue weighted by molar-refractivity contribution is 6.30. The van der Waals surface area contributed by atoms with Gasteiger partial charge in [0.15, 0.2) is 0 Å². The van der Waals surface area contributed by atoms with Crippen LogP contribution in [0.15, 0.2) is 42.6 Å². The number of rotatable bonds is 4. The predicted molar refractivity (Wildman–Crippen MR) is 126 cm³/mol. The maximum absolute atomic E-state index is 10.9. The lowest BCUT2D eigenvalue weighted by Gasteiger charge is -2.28. The van der Waals surface area contributed by atoms with Gasteiger partial charge in [-0.05, 0) is 51.8 Å². The maximum Gasteiger partial charge on any atom is 0.203 e. The highest BCUT2D eigenvalue weighted by atomic mass is 35.5. The summed E-state index contributed by atoms with van der Waals surface area (Å²) in [5.74, 6) is 1.19. The number of aromatic nitrogens is 2. The molecular formula is C25H32ClN3O. The topological polar surface area (TPSA) is 50.1 Å². The van der Waals surface area contributed by atoms with E-state index in [1.807, 2.05) is 42.1 Å². The van der Waals surface area contributed by atoms with Gasteiger partial charge in [-0.25, -0.2) is 4.98 Å². The smallest absolute Gasteiger partial charge is 0.203 e. The highest BCUT2D eigenvalue weighted by Crippen LogP contribution is 2.40. The zero-order valence-corrected chi connectivity index (χ0v) is 19.7. The van der Waals surface area contributed by atoms with Crippen LogP contribution in [0.4, 0.5) is 5.95 Å². The number of anilines is 1. The Balaban J connectivity index is 1.91. The Morgan fingerprint density at radius 3 is 2.13 bits per heavy atom. The lowest BCUT2D eigenvalue weighted by Crippen LogP contribution is -2.18. The third-order valence-corrected chi connectivity index (χ3v) is 5.58. The first-order valence-electron chi connectivity index (χ1n) is 10.3. The van der Waals surface area contributed by atoms with Crippen molar-refractivity contribution in [3.8, 4) is 17.0 Å². The van der Waals surface area contributed by atoms with Gasteiger partial charge in [0.1, 0.15) is 5.75 Å². The van der Waals surface area contributed by atoms with Crippen LogP contribution >= 0.6 is 11.6 Å². The zero-order valence-electron chi connectivity index (χ0n) is 19.0. The van der Waals surface area contributed by atoms with Crippen molar-refractivity contribution >= 4 is 17.5 Å². The van der Waals surface area contributed by atoms with Gasteiger partial charge in [-0.1, -0.05) is 65.3 Å². The zero-order chi connectivity index (χ0) is 22.3. The van der Waals surface area contributed by atoms with Crippen molar-refractivity contribution in [2.24, 2.45) is 7.05 Å². The largest absolute Gasteiger partial charge is 0.507 e. The quantitative estimate of drug-likeness (QED) is 0.491. The summed E-state index contributed by atoms with van der Waals surface area (Å²) in [5, 5.41) is 15.1. The minimum absolute atomic E-state index is 0.150. The Kier molecular flexibility index (Phi) is 5.92. The molecule has 0 bridgehead atoms. The number of halogens is 1. The van der Waals surface area contributed by atoms with Crippen LogP contribution in [-0.2, 0) is 24.4 Å². The van der Waals surface area contributed by atoms with Gasteiger partial charge in [0, 0.05) is 24.2 Å². The lowest BCUT2D eigenvalue weighted by atomic mass is 9.78. The fourth-order valence-corrected chi connectivity index (χ4v) is 3.80. The first-order valence-corrected chi connectivity index (χ1v) is 10.6. The summed E-state index contributed by atoms with van der Waals surface area (Å²) in [6.45, 7) is 13.4. The van der Waals surface area contributed by atoms with Crippen LogP contribution in [0.1, 0.15) is 58.2 Å². The second-order valence-electron chi connectivity index (χ2n) is 9.93. The van der Waals surface area contributed by atoms with E-state index in [9.17, 15) is 5.11 Å². The summed E-state index contributed by atoms with van der Waals surface area (Å²) < 4.78 is 2.03. The van der Waals surface area contributed by atoms with Gasteiger partial charge in [0.25, 0.3) is 0 Å². The number of benzene rings is 2. The lowest BCUT2D eigenvalue weighted by molar-refractivity contribution is 0.423. The molecule has 3 rings (SSSR count). The average molecular weight is 426 g/mol. The maximum atomic E-state index is 10.9. The van der Waals surface area contributed by atoms with E-state index in [0.717, 1.165) is 33.9 Å². The molecule has 1 aromatic heterocycles. The Morgan fingerprint density at radius 1 is 1.00 bits per heavy atom. The molecule has 2 N–H and O–H groups in total. The Labute approximate surface area is 184 Å². The van der Waals surface area contributed by atoms with Crippen molar-refractivity contribution in [1.29, 1.82) is 0 Å². The molecule has 0 aliphatic rings. The second kappa shape index (κ2) is 7.99. The van der Waals surface area contributed by atoms with Crippen LogP contribution in [0.25, 0.3) is 11.3 Å². The van der Waals surface area contributed by atoms with Crippen LogP contribution in [0, 0.1) is 0 Å². The van der Waals surface area contributed by atoms with E-state index in [1.165, 1.54) is 0 Å². The number of phenols is 1. The summed E-state index contributed by atoms with van der Waals surface area (Å²) in [7, 11) is 1.99. The number of nitrogens with zero attached hydrogens (tertiary/aromatic N) is 2. The number of hydrogen-bond donors (Lipinski definition) is 2. The van der Waals surface area contributed by atoms with Crippen molar-refractivity contribution in [3.63, 3.8) is 0 Å². The highest BCUT2D eigenvalue weighted by Gasteiger charge is 2.26. The summed E-state index contributed by atoms with van der Waals surface area (Å²) in [6, 6.07) is 12.0. The van der Waals surface area contributed by atoms with Gasteiger partial charge in [-0.15, -0.1) is 0 Å². The molecule has 0 aliphatic heterocycles. The fourth-order valence-electron chi connectivity index (χ4n) is 3.61. The average Bonchev–Trinajstić information content (AvgIpc) is 2.99. The molecule has 0 amide bonds. The molecule has 0 fully saturated rings. The van der Waals surface area contributed by atoms with Crippen LogP contribution in [0.5, 0.6) is 5.75 Å². The van der Waals surface area contributed by atoms with Gasteiger partial charge < -0.3 is 15.0 Å². The van der Waals surface area contributed by atoms with Crippen molar-refractivity contribution < 1.29 is 5.11 Å². The Bertz CT molecular complexity index is 1020.